The molecule has 1 aliphatic heterocycles. The first kappa shape index (κ1) is 22.1. The van der Waals surface area contributed by atoms with Crippen LogP contribution in [-0.4, -0.2) is 61.9 Å². The van der Waals surface area contributed by atoms with Gasteiger partial charge in [-0.3, -0.25) is 14.6 Å². The van der Waals surface area contributed by atoms with Crippen molar-refractivity contribution in [2.24, 2.45) is 0 Å². The van der Waals surface area contributed by atoms with Crippen molar-refractivity contribution in [1.82, 2.24) is 24.4 Å². The number of rotatable bonds is 7. The lowest BCUT2D eigenvalue weighted by atomic mass is 9.98. The van der Waals surface area contributed by atoms with Gasteiger partial charge in [-0.15, -0.1) is 5.10 Å². The van der Waals surface area contributed by atoms with Gasteiger partial charge in [0.1, 0.15) is 10.9 Å². The molecule has 0 radical (unpaired) electrons. The normalized spacial score (nSPS) is 16.4. The molecule has 7 nitrogen and oxygen atoms in total. The Bertz CT molecular complexity index is 1070. The summed E-state index contributed by atoms with van der Waals surface area (Å²) in [5, 5.41) is 4.08. The molecule has 2 amide bonds. The molecule has 166 valence electrons. The van der Waals surface area contributed by atoms with Gasteiger partial charge in [0.05, 0.1) is 5.69 Å². The van der Waals surface area contributed by atoms with Crippen molar-refractivity contribution in [1.29, 1.82) is 0 Å². The van der Waals surface area contributed by atoms with Crippen LogP contribution in [-0.2, 0) is 17.6 Å². The Kier molecular flexibility index (Phi) is 6.90. The molecular weight excluding hydrogens is 422 g/mol. The Balaban J connectivity index is 1.59. The van der Waals surface area contributed by atoms with E-state index in [9.17, 15) is 9.59 Å². The van der Waals surface area contributed by atoms with Crippen molar-refractivity contribution < 1.29 is 9.59 Å². The number of benzene rings is 1. The Morgan fingerprint density at radius 3 is 2.62 bits per heavy atom. The lowest BCUT2D eigenvalue weighted by Crippen LogP contribution is -2.59. The molecule has 3 heterocycles. The van der Waals surface area contributed by atoms with Gasteiger partial charge in [0.2, 0.25) is 5.91 Å². The molecule has 3 aromatic rings. The number of hydrogen-bond donors (Lipinski definition) is 0. The van der Waals surface area contributed by atoms with E-state index < -0.39 is 6.04 Å². The van der Waals surface area contributed by atoms with Crippen LogP contribution in [0.3, 0.4) is 0 Å². The number of aromatic nitrogens is 3. The fourth-order valence-electron chi connectivity index (χ4n) is 4.09. The van der Waals surface area contributed by atoms with E-state index >= 15 is 0 Å². The van der Waals surface area contributed by atoms with Crippen molar-refractivity contribution >= 4 is 23.3 Å². The van der Waals surface area contributed by atoms with Crippen LogP contribution < -0.4 is 0 Å². The Hall–Kier alpha value is -3.13. The summed E-state index contributed by atoms with van der Waals surface area (Å²) in [7, 11) is 0. The van der Waals surface area contributed by atoms with Crippen molar-refractivity contribution in [2.75, 3.05) is 19.6 Å². The highest BCUT2D eigenvalue weighted by molar-refractivity contribution is 7.08. The SMILES string of the molecule is CCCN1CCN(C(=O)c2snnc2CC)[C@@H](Cc2ccc(-c3cccnc3)cc2)C1=O. The van der Waals surface area contributed by atoms with Crippen LogP contribution in [0.25, 0.3) is 11.1 Å². The minimum Gasteiger partial charge on any atom is -0.339 e. The Morgan fingerprint density at radius 1 is 1.12 bits per heavy atom. The Labute approximate surface area is 192 Å². The number of piperazine rings is 1. The van der Waals surface area contributed by atoms with Crippen LogP contribution in [0, 0.1) is 0 Å². The highest BCUT2D eigenvalue weighted by atomic mass is 32.1. The van der Waals surface area contributed by atoms with Gasteiger partial charge >= 0.3 is 0 Å². The maximum Gasteiger partial charge on any atom is 0.268 e. The van der Waals surface area contributed by atoms with Gasteiger partial charge in [-0.05, 0) is 47.1 Å². The van der Waals surface area contributed by atoms with Crippen LogP contribution in [0.4, 0.5) is 0 Å². The molecule has 0 N–H and O–H groups in total. The van der Waals surface area contributed by atoms with Gasteiger partial charge in [0, 0.05) is 38.4 Å². The van der Waals surface area contributed by atoms with E-state index in [1.54, 1.807) is 11.1 Å². The van der Waals surface area contributed by atoms with Crippen LogP contribution in [0.15, 0.2) is 48.8 Å². The lowest BCUT2D eigenvalue weighted by molar-refractivity contribution is -0.140. The van der Waals surface area contributed by atoms with Gasteiger partial charge in [-0.2, -0.15) is 0 Å². The zero-order valence-electron chi connectivity index (χ0n) is 18.4. The second-order valence-electron chi connectivity index (χ2n) is 7.88. The average Bonchev–Trinajstić information content (AvgIpc) is 3.31. The van der Waals surface area contributed by atoms with Crippen molar-refractivity contribution in [3.8, 4) is 11.1 Å². The maximum absolute atomic E-state index is 13.4. The number of hydrogen-bond acceptors (Lipinski definition) is 6. The van der Waals surface area contributed by atoms with E-state index in [1.807, 2.05) is 54.4 Å². The lowest BCUT2D eigenvalue weighted by Gasteiger charge is -2.40. The van der Waals surface area contributed by atoms with Crippen LogP contribution in [0.1, 0.15) is 41.2 Å². The predicted octanol–water partition coefficient (Wildman–Crippen LogP) is 3.47. The zero-order chi connectivity index (χ0) is 22.5. The van der Waals surface area contributed by atoms with Gasteiger partial charge in [-0.25, -0.2) is 0 Å². The summed E-state index contributed by atoms with van der Waals surface area (Å²) in [4.78, 5) is 35.0. The van der Waals surface area contributed by atoms with Crippen molar-refractivity contribution in [3.05, 3.63) is 64.9 Å². The summed E-state index contributed by atoms with van der Waals surface area (Å²) < 4.78 is 3.96. The summed E-state index contributed by atoms with van der Waals surface area (Å²) in [5.41, 5.74) is 3.83. The summed E-state index contributed by atoms with van der Waals surface area (Å²) in [6, 6.07) is 11.5. The molecule has 0 aliphatic carbocycles. The molecule has 0 saturated carbocycles. The highest BCUT2D eigenvalue weighted by Crippen LogP contribution is 2.24. The van der Waals surface area contributed by atoms with Gasteiger partial charge < -0.3 is 9.80 Å². The molecule has 32 heavy (non-hydrogen) atoms. The van der Waals surface area contributed by atoms with E-state index in [-0.39, 0.29) is 11.8 Å². The van der Waals surface area contributed by atoms with E-state index in [0.29, 0.717) is 43.0 Å². The predicted molar refractivity (Wildman–Crippen MR) is 124 cm³/mol. The van der Waals surface area contributed by atoms with Gasteiger partial charge in [0.25, 0.3) is 5.91 Å². The molecule has 0 spiro atoms. The van der Waals surface area contributed by atoms with Crippen LogP contribution >= 0.6 is 11.5 Å². The summed E-state index contributed by atoms with van der Waals surface area (Å²) in [5.74, 6) is -0.128. The van der Waals surface area contributed by atoms with E-state index in [0.717, 1.165) is 34.6 Å². The second kappa shape index (κ2) is 9.99. The number of aryl methyl sites for hydroxylation is 1. The fourth-order valence-corrected chi connectivity index (χ4v) is 4.80. The number of carbonyl (C=O) groups excluding carboxylic acids is 2. The largest absolute Gasteiger partial charge is 0.339 e. The molecule has 1 aromatic carbocycles. The molecule has 0 unspecified atom stereocenters. The summed E-state index contributed by atoms with van der Waals surface area (Å²) in [6.07, 6.45) is 5.60. The monoisotopic (exact) mass is 449 g/mol. The molecule has 1 atom stereocenters. The van der Waals surface area contributed by atoms with E-state index in [4.69, 9.17) is 0 Å². The number of nitrogens with zero attached hydrogens (tertiary/aromatic N) is 5. The Morgan fingerprint density at radius 2 is 1.94 bits per heavy atom. The van der Waals surface area contributed by atoms with Crippen LogP contribution in [0.5, 0.6) is 0 Å². The van der Waals surface area contributed by atoms with Crippen molar-refractivity contribution in [3.63, 3.8) is 0 Å². The second-order valence-corrected chi connectivity index (χ2v) is 8.64. The third-order valence-corrected chi connectivity index (χ3v) is 6.56. The molecule has 8 heteroatoms. The minimum absolute atomic E-state index is 0.0123. The first-order valence-corrected chi connectivity index (χ1v) is 11.8. The number of carbonyl (C=O) groups is 2. The molecule has 2 aromatic heterocycles. The zero-order valence-corrected chi connectivity index (χ0v) is 19.2. The molecule has 1 fully saturated rings. The molecule has 0 bridgehead atoms. The van der Waals surface area contributed by atoms with Gasteiger partial charge in [-0.1, -0.05) is 48.7 Å². The number of amides is 2. The maximum atomic E-state index is 13.4. The number of pyridine rings is 1. The molecular formula is C24H27N5O2S. The minimum atomic E-state index is -0.529. The topological polar surface area (TPSA) is 79.3 Å². The summed E-state index contributed by atoms with van der Waals surface area (Å²) >= 11 is 1.11. The van der Waals surface area contributed by atoms with Gasteiger partial charge in [0.15, 0.2) is 0 Å². The first-order chi connectivity index (χ1) is 15.6. The smallest absolute Gasteiger partial charge is 0.268 e. The standard InChI is InChI=1S/C24H27N5O2S/c1-3-12-28-13-14-29(24(31)22-20(4-2)26-27-32-22)21(23(28)30)15-17-7-9-18(10-8-17)19-6-5-11-25-16-19/h5-11,16,21H,3-4,12-15H2,1-2H3/t21-/m0/s1. The quantitative estimate of drug-likeness (QED) is 0.552. The third-order valence-electron chi connectivity index (χ3n) is 5.80. The summed E-state index contributed by atoms with van der Waals surface area (Å²) in [6.45, 7) is 5.80. The average molecular weight is 450 g/mol. The molecule has 1 saturated heterocycles. The first-order valence-electron chi connectivity index (χ1n) is 11.0. The van der Waals surface area contributed by atoms with E-state index in [2.05, 4.69) is 21.5 Å². The van der Waals surface area contributed by atoms with E-state index in [1.165, 1.54) is 0 Å². The third kappa shape index (κ3) is 4.55. The molecule has 1 aliphatic rings. The van der Waals surface area contributed by atoms with Crippen molar-refractivity contribution in [2.45, 2.75) is 39.2 Å². The highest BCUT2D eigenvalue weighted by Gasteiger charge is 2.38. The fraction of sp³-hybridized carbons (Fsp3) is 0.375. The molecule has 4 rings (SSSR count). The van der Waals surface area contributed by atoms with Crippen LogP contribution in [0.2, 0.25) is 0 Å².